The molecule has 106 valence electrons. The maximum atomic E-state index is 12.3. The lowest BCUT2D eigenvalue weighted by atomic mass is 9.95. The van der Waals surface area contributed by atoms with Gasteiger partial charge in [-0.2, -0.15) is 0 Å². The number of ketones is 1. The Kier molecular flexibility index (Phi) is 3.83. The SMILES string of the molecule is O=C1CCCCN2C[C@@H]1NC(=O)[C@@H]2Cc1ccccc1. The molecule has 1 unspecified atom stereocenters. The zero-order chi connectivity index (χ0) is 13.9. The Labute approximate surface area is 119 Å². The van der Waals surface area contributed by atoms with Crippen molar-refractivity contribution in [3.63, 3.8) is 0 Å². The van der Waals surface area contributed by atoms with E-state index < -0.39 is 0 Å². The molecule has 2 aliphatic heterocycles. The fourth-order valence-electron chi connectivity index (χ4n) is 3.12. The summed E-state index contributed by atoms with van der Waals surface area (Å²) in [5.41, 5.74) is 1.17. The Hall–Kier alpha value is -1.68. The number of hydrogen-bond donors (Lipinski definition) is 1. The van der Waals surface area contributed by atoms with Crippen LogP contribution in [0.2, 0.25) is 0 Å². The molecule has 20 heavy (non-hydrogen) atoms. The number of nitrogens with zero attached hydrogens (tertiary/aromatic N) is 1. The van der Waals surface area contributed by atoms with Crippen LogP contribution in [0.3, 0.4) is 0 Å². The fourth-order valence-corrected chi connectivity index (χ4v) is 3.12. The van der Waals surface area contributed by atoms with Gasteiger partial charge in [-0.15, -0.1) is 0 Å². The second kappa shape index (κ2) is 5.75. The van der Waals surface area contributed by atoms with Crippen molar-refractivity contribution in [2.45, 2.75) is 37.8 Å². The number of Topliss-reactive ketones (excluding diaryl/α,β-unsaturated/α-hetero) is 1. The van der Waals surface area contributed by atoms with Gasteiger partial charge >= 0.3 is 0 Å². The van der Waals surface area contributed by atoms with Crippen LogP contribution in [0.25, 0.3) is 0 Å². The minimum absolute atomic E-state index is 0.000327. The summed E-state index contributed by atoms with van der Waals surface area (Å²) in [6.45, 7) is 1.58. The summed E-state index contributed by atoms with van der Waals surface area (Å²) >= 11 is 0. The van der Waals surface area contributed by atoms with E-state index in [4.69, 9.17) is 0 Å². The van der Waals surface area contributed by atoms with Crippen LogP contribution in [0.1, 0.15) is 24.8 Å². The van der Waals surface area contributed by atoms with Crippen molar-refractivity contribution in [1.82, 2.24) is 10.2 Å². The maximum absolute atomic E-state index is 12.3. The first-order valence-corrected chi connectivity index (χ1v) is 7.35. The third-order valence-corrected chi connectivity index (χ3v) is 4.26. The summed E-state index contributed by atoms with van der Waals surface area (Å²) < 4.78 is 0. The average Bonchev–Trinajstić information content (AvgIpc) is 2.45. The second-order valence-electron chi connectivity index (χ2n) is 5.69. The summed E-state index contributed by atoms with van der Waals surface area (Å²) in [5.74, 6) is 0.182. The molecule has 2 bridgehead atoms. The summed E-state index contributed by atoms with van der Waals surface area (Å²) in [7, 11) is 0. The molecule has 2 aliphatic rings. The number of fused-ring (bicyclic) bond motifs is 2. The molecule has 0 aromatic heterocycles. The van der Waals surface area contributed by atoms with Crippen LogP contribution < -0.4 is 5.32 Å². The smallest absolute Gasteiger partial charge is 0.238 e. The molecule has 0 spiro atoms. The van der Waals surface area contributed by atoms with Crippen LogP contribution in [-0.4, -0.2) is 41.8 Å². The molecule has 3 rings (SSSR count). The van der Waals surface area contributed by atoms with Gasteiger partial charge in [-0.3, -0.25) is 14.5 Å². The van der Waals surface area contributed by atoms with Crippen molar-refractivity contribution in [1.29, 1.82) is 0 Å². The number of carbonyl (C=O) groups excluding carboxylic acids is 2. The third kappa shape index (κ3) is 2.75. The fraction of sp³-hybridized carbons (Fsp3) is 0.500. The highest BCUT2D eigenvalue weighted by molar-refractivity contribution is 5.92. The zero-order valence-electron chi connectivity index (χ0n) is 11.5. The van der Waals surface area contributed by atoms with E-state index in [1.54, 1.807) is 0 Å². The third-order valence-electron chi connectivity index (χ3n) is 4.26. The first-order chi connectivity index (χ1) is 9.74. The van der Waals surface area contributed by atoms with Gasteiger partial charge in [0.1, 0.15) is 6.04 Å². The van der Waals surface area contributed by atoms with Crippen molar-refractivity contribution in [3.05, 3.63) is 35.9 Å². The lowest BCUT2D eigenvalue weighted by Gasteiger charge is -2.40. The van der Waals surface area contributed by atoms with Gasteiger partial charge in [0.15, 0.2) is 5.78 Å². The van der Waals surface area contributed by atoms with Crippen LogP contribution in [0.5, 0.6) is 0 Å². The Bertz CT molecular complexity index is 500. The molecule has 2 saturated heterocycles. The van der Waals surface area contributed by atoms with Crippen molar-refractivity contribution in [2.75, 3.05) is 13.1 Å². The normalized spacial score (nSPS) is 30.3. The van der Waals surface area contributed by atoms with Gasteiger partial charge in [0.05, 0.1) is 6.04 Å². The van der Waals surface area contributed by atoms with Gasteiger partial charge in [0.25, 0.3) is 0 Å². The molecular formula is C16H20N2O2. The summed E-state index contributed by atoms with van der Waals surface area (Å²) in [6.07, 6.45) is 3.24. The maximum Gasteiger partial charge on any atom is 0.238 e. The van der Waals surface area contributed by atoms with Crippen LogP contribution in [0.15, 0.2) is 30.3 Å². The topological polar surface area (TPSA) is 49.4 Å². The first-order valence-electron chi connectivity index (χ1n) is 7.35. The Morgan fingerprint density at radius 3 is 2.75 bits per heavy atom. The van der Waals surface area contributed by atoms with Crippen LogP contribution in [-0.2, 0) is 16.0 Å². The van der Waals surface area contributed by atoms with Gasteiger partial charge in [-0.25, -0.2) is 0 Å². The quantitative estimate of drug-likeness (QED) is 0.878. The molecule has 2 heterocycles. The largest absolute Gasteiger partial charge is 0.344 e. The van der Waals surface area contributed by atoms with Gasteiger partial charge in [0.2, 0.25) is 5.91 Å². The summed E-state index contributed by atoms with van der Waals surface area (Å²) in [5, 5.41) is 2.91. The molecule has 2 fully saturated rings. The lowest BCUT2D eigenvalue weighted by molar-refractivity contribution is -0.137. The minimum Gasteiger partial charge on any atom is -0.344 e. The highest BCUT2D eigenvalue weighted by Crippen LogP contribution is 2.19. The summed E-state index contributed by atoms with van der Waals surface area (Å²) in [4.78, 5) is 26.5. The van der Waals surface area contributed by atoms with E-state index in [-0.39, 0.29) is 23.8 Å². The van der Waals surface area contributed by atoms with E-state index in [1.165, 1.54) is 5.56 Å². The number of benzene rings is 1. The van der Waals surface area contributed by atoms with Crippen LogP contribution in [0, 0.1) is 0 Å². The van der Waals surface area contributed by atoms with Gasteiger partial charge in [-0.05, 0) is 31.4 Å². The summed E-state index contributed by atoms with van der Waals surface area (Å²) in [6, 6.07) is 9.64. The number of carbonyl (C=O) groups is 2. The monoisotopic (exact) mass is 272 g/mol. The van der Waals surface area contributed by atoms with Gasteiger partial charge < -0.3 is 5.32 Å². The highest BCUT2D eigenvalue weighted by Gasteiger charge is 2.37. The molecule has 1 aromatic carbocycles. The molecule has 1 N–H and O–H groups in total. The molecule has 3 atom stereocenters. The van der Waals surface area contributed by atoms with E-state index in [0.29, 0.717) is 19.4 Å². The molecule has 0 aliphatic carbocycles. The number of hydrogen-bond acceptors (Lipinski definition) is 3. The molecule has 4 heteroatoms. The van der Waals surface area contributed by atoms with E-state index in [0.717, 1.165) is 19.4 Å². The standard InChI is InChI=1S/C16H20N2O2/c19-15-8-4-5-9-18-11-13(15)17-16(20)14(18)10-12-6-2-1-3-7-12/h1-3,6-7,13-14H,4-5,8-11H2,(H,17,20)/t13-,14-/m0/s1. The molecular weight excluding hydrogens is 252 g/mol. The second-order valence-corrected chi connectivity index (χ2v) is 5.69. The zero-order valence-corrected chi connectivity index (χ0v) is 11.5. The van der Waals surface area contributed by atoms with E-state index in [9.17, 15) is 9.59 Å². The number of piperazine rings is 1. The predicted molar refractivity (Wildman–Crippen MR) is 76.3 cm³/mol. The van der Waals surface area contributed by atoms with Crippen LogP contribution in [0.4, 0.5) is 0 Å². The number of nitrogens with one attached hydrogen (secondary N) is 1. The van der Waals surface area contributed by atoms with Crippen molar-refractivity contribution >= 4 is 11.7 Å². The number of rotatable bonds is 2. The molecule has 1 amide bonds. The van der Waals surface area contributed by atoms with Crippen molar-refractivity contribution in [2.24, 2.45) is 0 Å². The van der Waals surface area contributed by atoms with E-state index in [1.807, 2.05) is 18.2 Å². The Balaban J connectivity index is 1.77. The molecule has 4 nitrogen and oxygen atoms in total. The Morgan fingerprint density at radius 2 is 1.95 bits per heavy atom. The molecule has 1 aromatic rings. The average molecular weight is 272 g/mol. The highest BCUT2D eigenvalue weighted by atomic mass is 16.2. The first kappa shape index (κ1) is 13.3. The molecule has 0 saturated carbocycles. The van der Waals surface area contributed by atoms with Crippen molar-refractivity contribution < 1.29 is 9.59 Å². The predicted octanol–water partition coefficient (Wildman–Crippen LogP) is 1.15. The van der Waals surface area contributed by atoms with Crippen LogP contribution >= 0.6 is 0 Å². The number of amides is 1. The minimum atomic E-state index is -0.296. The Morgan fingerprint density at radius 1 is 1.15 bits per heavy atom. The van der Waals surface area contributed by atoms with E-state index >= 15 is 0 Å². The molecule has 0 radical (unpaired) electrons. The van der Waals surface area contributed by atoms with Gasteiger partial charge in [-0.1, -0.05) is 30.3 Å². The van der Waals surface area contributed by atoms with E-state index in [2.05, 4.69) is 22.3 Å². The van der Waals surface area contributed by atoms with Crippen molar-refractivity contribution in [3.8, 4) is 0 Å². The lowest BCUT2D eigenvalue weighted by Crippen LogP contribution is -2.63. The van der Waals surface area contributed by atoms with Gasteiger partial charge in [0, 0.05) is 13.0 Å².